The summed E-state index contributed by atoms with van der Waals surface area (Å²) in [6.07, 6.45) is 1.26. The SMILES string of the molecule is C=CCOC(=O)N1CC(B2OC(C)(C)C(C)(C)O2)C1. The summed E-state index contributed by atoms with van der Waals surface area (Å²) in [6.45, 7) is 13.1. The van der Waals surface area contributed by atoms with Crippen LogP contribution in [0.15, 0.2) is 12.7 Å². The van der Waals surface area contributed by atoms with E-state index in [2.05, 4.69) is 6.58 Å². The van der Waals surface area contributed by atoms with Crippen molar-refractivity contribution >= 4 is 13.2 Å². The molecule has 0 aromatic carbocycles. The van der Waals surface area contributed by atoms with E-state index in [0.29, 0.717) is 13.1 Å². The minimum absolute atomic E-state index is 0.220. The van der Waals surface area contributed by atoms with Gasteiger partial charge in [0.05, 0.1) is 11.2 Å². The molecule has 2 saturated heterocycles. The fourth-order valence-corrected chi connectivity index (χ4v) is 2.14. The molecule has 6 heteroatoms. The normalized spacial score (nSPS) is 25.1. The number of hydrogen-bond donors (Lipinski definition) is 0. The van der Waals surface area contributed by atoms with Gasteiger partial charge in [-0.2, -0.15) is 0 Å². The molecule has 2 heterocycles. The average Bonchev–Trinajstić information content (AvgIpc) is 2.42. The van der Waals surface area contributed by atoms with Gasteiger partial charge < -0.3 is 18.9 Å². The van der Waals surface area contributed by atoms with Crippen LogP contribution in [0.5, 0.6) is 0 Å². The van der Waals surface area contributed by atoms with E-state index in [0.717, 1.165) is 0 Å². The second kappa shape index (κ2) is 4.83. The highest BCUT2D eigenvalue weighted by atomic mass is 16.7. The summed E-state index contributed by atoms with van der Waals surface area (Å²) in [5.41, 5.74) is -0.636. The molecule has 0 aromatic heterocycles. The second-order valence-electron chi connectivity index (χ2n) is 6.16. The van der Waals surface area contributed by atoms with Gasteiger partial charge in [0.25, 0.3) is 0 Å². The maximum atomic E-state index is 11.6. The number of ether oxygens (including phenoxy) is 1. The Hall–Kier alpha value is -1.01. The van der Waals surface area contributed by atoms with Gasteiger partial charge in [0.15, 0.2) is 0 Å². The molecule has 0 spiro atoms. The molecule has 0 saturated carbocycles. The van der Waals surface area contributed by atoms with Crippen LogP contribution in [-0.2, 0) is 14.0 Å². The predicted octanol–water partition coefficient (Wildman–Crippen LogP) is 2.09. The van der Waals surface area contributed by atoms with Crippen LogP contribution in [0.1, 0.15) is 27.7 Å². The summed E-state index contributed by atoms with van der Waals surface area (Å²) in [5, 5.41) is 0. The Balaban J connectivity index is 1.82. The van der Waals surface area contributed by atoms with Crippen LogP contribution in [-0.4, -0.2) is 49.0 Å². The predicted molar refractivity (Wildman–Crippen MR) is 73.0 cm³/mol. The van der Waals surface area contributed by atoms with Gasteiger partial charge in [-0.25, -0.2) is 4.79 Å². The average molecular weight is 267 g/mol. The lowest BCUT2D eigenvalue weighted by molar-refractivity contribution is 0.00578. The van der Waals surface area contributed by atoms with E-state index in [-0.39, 0.29) is 36.8 Å². The summed E-state index contributed by atoms with van der Waals surface area (Å²) in [6, 6.07) is 0. The van der Waals surface area contributed by atoms with Crippen LogP contribution < -0.4 is 0 Å². The van der Waals surface area contributed by atoms with E-state index in [1.165, 1.54) is 0 Å². The van der Waals surface area contributed by atoms with Gasteiger partial charge in [0.2, 0.25) is 0 Å². The first-order valence-electron chi connectivity index (χ1n) is 6.65. The number of nitrogens with zero attached hydrogens (tertiary/aromatic N) is 1. The minimum Gasteiger partial charge on any atom is -0.445 e. The molecule has 0 unspecified atom stereocenters. The molecule has 5 nitrogen and oxygen atoms in total. The maximum absolute atomic E-state index is 11.6. The van der Waals surface area contributed by atoms with Crippen LogP contribution >= 0.6 is 0 Å². The van der Waals surface area contributed by atoms with Gasteiger partial charge >= 0.3 is 13.2 Å². The lowest BCUT2D eigenvalue weighted by Gasteiger charge is -2.38. The van der Waals surface area contributed by atoms with Crippen molar-refractivity contribution in [2.75, 3.05) is 19.7 Å². The summed E-state index contributed by atoms with van der Waals surface area (Å²) in [7, 11) is -0.242. The Bertz CT molecular complexity index is 361. The molecule has 2 rings (SSSR count). The fraction of sp³-hybridized carbons (Fsp3) is 0.769. The molecule has 106 valence electrons. The Kier molecular flexibility index (Phi) is 3.66. The van der Waals surface area contributed by atoms with Gasteiger partial charge in [-0.1, -0.05) is 12.7 Å². The molecule has 2 fully saturated rings. The van der Waals surface area contributed by atoms with Crippen molar-refractivity contribution in [1.82, 2.24) is 4.90 Å². The van der Waals surface area contributed by atoms with Gasteiger partial charge in [0, 0.05) is 18.9 Å². The number of rotatable bonds is 3. The van der Waals surface area contributed by atoms with Crippen LogP contribution in [0.2, 0.25) is 5.82 Å². The van der Waals surface area contributed by atoms with Crippen molar-refractivity contribution in [3.05, 3.63) is 12.7 Å². The van der Waals surface area contributed by atoms with Crippen LogP contribution in [0.25, 0.3) is 0 Å². The zero-order valence-electron chi connectivity index (χ0n) is 12.1. The molecular weight excluding hydrogens is 245 g/mol. The quantitative estimate of drug-likeness (QED) is 0.580. The summed E-state index contributed by atoms with van der Waals surface area (Å²) in [4.78, 5) is 13.2. The molecule has 0 radical (unpaired) electrons. The van der Waals surface area contributed by atoms with Gasteiger partial charge in [-0.05, 0) is 27.7 Å². The molecule has 1 amide bonds. The highest BCUT2D eigenvalue weighted by molar-refractivity contribution is 6.48. The van der Waals surface area contributed by atoms with Gasteiger partial charge in [0.1, 0.15) is 6.61 Å². The van der Waals surface area contributed by atoms with Crippen LogP contribution in [0.4, 0.5) is 4.79 Å². The van der Waals surface area contributed by atoms with Crippen LogP contribution in [0.3, 0.4) is 0 Å². The van der Waals surface area contributed by atoms with Crippen molar-refractivity contribution in [2.24, 2.45) is 0 Å². The highest BCUT2D eigenvalue weighted by Gasteiger charge is 2.56. The first kappa shape index (κ1) is 14.4. The lowest BCUT2D eigenvalue weighted by atomic mass is 9.67. The van der Waals surface area contributed by atoms with E-state index in [9.17, 15) is 4.79 Å². The number of carbonyl (C=O) groups is 1. The van der Waals surface area contributed by atoms with E-state index in [1.54, 1.807) is 11.0 Å². The number of hydrogen-bond acceptors (Lipinski definition) is 4. The van der Waals surface area contributed by atoms with E-state index >= 15 is 0 Å². The third-order valence-electron chi connectivity index (χ3n) is 4.15. The van der Waals surface area contributed by atoms with Crippen molar-refractivity contribution in [3.63, 3.8) is 0 Å². The molecule has 0 aromatic rings. The van der Waals surface area contributed by atoms with Crippen LogP contribution in [0, 0.1) is 0 Å². The fourth-order valence-electron chi connectivity index (χ4n) is 2.14. The smallest absolute Gasteiger partial charge is 0.445 e. The Labute approximate surface area is 115 Å². The first-order chi connectivity index (χ1) is 8.77. The van der Waals surface area contributed by atoms with Gasteiger partial charge in [-0.15, -0.1) is 0 Å². The third-order valence-corrected chi connectivity index (χ3v) is 4.15. The van der Waals surface area contributed by atoms with Crippen molar-refractivity contribution in [2.45, 2.75) is 44.7 Å². The molecule has 2 aliphatic heterocycles. The Morgan fingerprint density at radius 2 is 1.89 bits per heavy atom. The summed E-state index contributed by atoms with van der Waals surface area (Å²) in [5.74, 6) is 0.220. The van der Waals surface area contributed by atoms with Gasteiger partial charge in [-0.3, -0.25) is 0 Å². The van der Waals surface area contributed by atoms with E-state index in [4.69, 9.17) is 14.0 Å². The zero-order chi connectivity index (χ0) is 14.3. The standard InChI is InChI=1S/C13H22BNO4/c1-6-7-17-11(16)15-8-10(9-15)14-18-12(2,3)13(4,5)19-14/h6,10H,1,7-9H2,2-5H3. The zero-order valence-corrected chi connectivity index (χ0v) is 12.1. The van der Waals surface area contributed by atoms with E-state index in [1.807, 2.05) is 27.7 Å². The molecule has 19 heavy (non-hydrogen) atoms. The molecule has 0 N–H and O–H groups in total. The molecule has 0 bridgehead atoms. The second-order valence-corrected chi connectivity index (χ2v) is 6.16. The molecule has 0 aliphatic carbocycles. The molecule has 0 atom stereocenters. The van der Waals surface area contributed by atoms with Crippen molar-refractivity contribution in [1.29, 1.82) is 0 Å². The summed E-state index contributed by atoms with van der Waals surface area (Å²) >= 11 is 0. The largest absolute Gasteiger partial charge is 0.464 e. The van der Waals surface area contributed by atoms with Crippen molar-refractivity contribution in [3.8, 4) is 0 Å². The molecular formula is C13H22BNO4. The topological polar surface area (TPSA) is 48.0 Å². The first-order valence-corrected chi connectivity index (χ1v) is 6.65. The Morgan fingerprint density at radius 1 is 1.37 bits per heavy atom. The maximum Gasteiger partial charge on any atom is 0.464 e. The molecule has 2 aliphatic rings. The number of amides is 1. The van der Waals surface area contributed by atoms with E-state index < -0.39 is 0 Å². The highest BCUT2D eigenvalue weighted by Crippen LogP contribution is 2.42. The monoisotopic (exact) mass is 267 g/mol. The number of likely N-dealkylation sites (tertiary alicyclic amines) is 1. The lowest BCUT2D eigenvalue weighted by Crippen LogP contribution is -2.53. The summed E-state index contributed by atoms with van der Waals surface area (Å²) < 4.78 is 16.9. The Morgan fingerprint density at radius 3 is 2.37 bits per heavy atom. The van der Waals surface area contributed by atoms with Crippen molar-refractivity contribution < 1.29 is 18.8 Å². The third kappa shape index (κ3) is 2.65. The number of carbonyl (C=O) groups excluding carboxylic acids is 1. The minimum atomic E-state index is -0.318.